The molecule has 0 aromatic heterocycles. The molecule has 0 unspecified atom stereocenters. The van der Waals surface area contributed by atoms with Gasteiger partial charge < -0.3 is 10.2 Å². The number of amides is 4. The second-order valence-electron chi connectivity index (χ2n) is 5.61. The molecule has 0 saturated carbocycles. The lowest BCUT2D eigenvalue weighted by molar-refractivity contribution is -0.139. The molecule has 7 nitrogen and oxygen atoms in total. The van der Waals surface area contributed by atoms with E-state index in [0.717, 1.165) is 10.6 Å². The summed E-state index contributed by atoms with van der Waals surface area (Å²) < 4.78 is 0. The van der Waals surface area contributed by atoms with Crippen LogP contribution in [-0.4, -0.2) is 46.4 Å². The molecule has 0 spiro atoms. The van der Waals surface area contributed by atoms with Crippen LogP contribution in [0.2, 0.25) is 0 Å². The van der Waals surface area contributed by atoms with Crippen LogP contribution in [0.4, 0.5) is 5.69 Å². The topological polar surface area (TPSA) is 95.6 Å². The van der Waals surface area contributed by atoms with E-state index in [0.29, 0.717) is 6.54 Å². The minimum Gasteiger partial charge on any atom is -0.330 e. The van der Waals surface area contributed by atoms with Crippen molar-refractivity contribution in [2.75, 3.05) is 11.9 Å². The van der Waals surface area contributed by atoms with E-state index in [9.17, 15) is 19.2 Å². The van der Waals surface area contributed by atoms with Crippen molar-refractivity contribution >= 4 is 41.1 Å². The number of nitrogens with one attached hydrogen (secondary N) is 2. The Bertz CT molecular complexity index is 721. The summed E-state index contributed by atoms with van der Waals surface area (Å²) in [4.78, 5) is 50.2. The van der Waals surface area contributed by atoms with Crippen LogP contribution in [0.25, 0.3) is 0 Å². The van der Waals surface area contributed by atoms with Crippen LogP contribution in [0.3, 0.4) is 0 Å². The molecule has 24 heavy (non-hydrogen) atoms. The van der Waals surface area contributed by atoms with Crippen LogP contribution in [0.5, 0.6) is 0 Å². The summed E-state index contributed by atoms with van der Waals surface area (Å²) in [6, 6.07) is 6.62. The van der Waals surface area contributed by atoms with E-state index >= 15 is 0 Å². The van der Waals surface area contributed by atoms with Crippen LogP contribution >= 0.6 is 11.8 Å². The van der Waals surface area contributed by atoms with Crippen molar-refractivity contribution in [3.05, 3.63) is 24.3 Å². The first-order valence-corrected chi connectivity index (χ1v) is 8.57. The highest BCUT2D eigenvalue weighted by molar-refractivity contribution is 8.01. The lowest BCUT2D eigenvalue weighted by Gasteiger charge is -2.28. The Hall–Kier alpha value is -2.35. The summed E-state index contributed by atoms with van der Waals surface area (Å²) in [6.07, 6.45) is -0.0398. The van der Waals surface area contributed by atoms with Gasteiger partial charge in [-0.3, -0.25) is 24.5 Å². The van der Waals surface area contributed by atoms with Gasteiger partial charge in [-0.15, -0.1) is 11.8 Å². The molecule has 1 fully saturated rings. The van der Waals surface area contributed by atoms with Crippen LogP contribution in [0.15, 0.2) is 29.2 Å². The maximum absolute atomic E-state index is 12.6. The molecule has 0 bridgehead atoms. The number of likely N-dealkylation sites (N-methyl/N-ethyl adjacent to an activating group) is 1. The zero-order valence-corrected chi connectivity index (χ0v) is 13.9. The number of anilines is 1. The zero-order valence-electron chi connectivity index (χ0n) is 13.1. The van der Waals surface area contributed by atoms with Gasteiger partial charge >= 0.3 is 0 Å². The standard InChI is InChI=1S/C16H17N3O4S/c1-2-19(10-7-13(20)18-15(10)22)14(21)8-12-16(23)17-9-5-3-4-6-11(9)24-12/h3-6,10,12H,2,7-8H2,1H3,(H,17,23)(H,18,20,22)/t10-,12-/m0/s1. The summed E-state index contributed by atoms with van der Waals surface area (Å²) >= 11 is 1.34. The summed E-state index contributed by atoms with van der Waals surface area (Å²) in [5, 5.41) is 4.45. The number of fused-ring (bicyclic) bond motifs is 1. The largest absolute Gasteiger partial charge is 0.330 e. The zero-order chi connectivity index (χ0) is 17.3. The number of thioether (sulfide) groups is 1. The molecule has 8 heteroatoms. The monoisotopic (exact) mass is 347 g/mol. The fraction of sp³-hybridized carbons (Fsp3) is 0.375. The maximum Gasteiger partial charge on any atom is 0.249 e. The third-order valence-corrected chi connectivity index (χ3v) is 5.32. The van der Waals surface area contributed by atoms with Crippen molar-refractivity contribution in [2.24, 2.45) is 0 Å². The number of para-hydroxylation sites is 1. The van der Waals surface area contributed by atoms with E-state index < -0.39 is 17.2 Å². The van der Waals surface area contributed by atoms with Crippen molar-refractivity contribution in [3.63, 3.8) is 0 Å². The fourth-order valence-corrected chi connectivity index (χ4v) is 3.97. The summed E-state index contributed by atoms with van der Waals surface area (Å²) in [5.41, 5.74) is 0.740. The third-order valence-electron chi connectivity index (χ3n) is 4.05. The van der Waals surface area contributed by atoms with Crippen molar-refractivity contribution < 1.29 is 19.2 Å². The highest BCUT2D eigenvalue weighted by Gasteiger charge is 2.38. The Kier molecular flexibility index (Phi) is 4.57. The molecule has 126 valence electrons. The van der Waals surface area contributed by atoms with Gasteiger partial charge in [-0.05, 0) is 19.1 Å². The van der Waals surface area contributed by atoms with Crippen molar-refractivity contribution in [1.82, 2.24) is 10.2 Å². The lowest BCUT2D eigenvalue weighted by Crippen LogP contribution is -2.46. The summed E-state index contributed by atoms with van der Waals surface area (Å²) in [7, 11) is 0. The van der Waals surface area contributed by atoms with Gasteiger partial charge in [0.2, 0.25) is 23.6 Å². The highest BCUT2D eigenvalue weighted by atomic mass is 32.2. The molecule has 2 atom stereocenters. The minimum atomic E-state index is -0.779. The van der Waals surface area contributed by atoms with Crippen molar-refractivity contribution in [3.8, 4) is 0 Å². The first-order valence-electron chi connectivity index (χ1n) is 7.69. The maximum atomic E-state index is 12.6. The molecule has 3 rings (SSSR count). The lowest BCUT2D eigenvalue weighted by atomic mass is 10.1. The second kappa shape index (κ2) is 6.64. The van der Waals surface area contributed by atoms with Crippen LogP contribution in [0.1, 0.15) is 19.8 Å². The molecule has 1 aromatic rings. The van der Waals surface area contributed by atoms with E-state index in [1.165, 1.54) is 16.7 Å². The number of carbonyl (C=O) groups excluding carboxylic acids is 4. The molecular formula is C16H17N3O4S. The first-order chi connectivity index (χ1) is 11.5. The van der Waals surface area contributed by atoms with E-state index in [4.69, 9.17) is 0 Å². The Morgan fingerprint density at radius 1 is 1.21 bits per heavy atom. The van der Waals surface area contributed by atoms with E-state index in [1.54, 1.807) is 6.92 Å². The molecule has 2 aliphatic rings. The average Bonchev–Trinajstić information content (AvgIpc) is 2.87. The quantitative estimate of drug-likeness (QED) is 0.784. The number of nitrogens with zero attached hydrogens (tertiary/aromatic N) is 1. The van der Waals surface area contributed by atoms with Gasteiger partial charge in [0.05, 0.1) is 17.4 Å². The predicted octanol–water partition coefficient (Wildman–Crippen LogP) is 0.753. The SMILES string of the molecule is CCN(C(=O)C[C@@H]1Sc2ccccc2NC1=O)[C@H]1CC(=O)NC1=O. The van der Waals surface area contributed by atoms with Gasteiger partial charge in [-0.25, -0.2) is 0 Å². The Morgan fingerprint density at radius 2 is 1.96 bits per heavy atom. The molecular weight excluding hydrogens is 330 g/mol. The van der Waals surface area contributed by atoms with Crippen LogP contribution < -0.4 is 10.6 Å². The molecule has 0 aliphatic carbocycles. The Morgan fingerprint density at radius 3 is 2.62 bits per heavy atom. The van der Waals surface area contributed by atoms with Gasteiger partial charge in [0.1, 0.15) is 6.04 Å². The van der Waals surface area contributed by atoms with Crippen LogP contribution in [-0.2, 0) is 19.2 Å². The molecule has 1 saturated heterocycles. The highest BCUT2D eigenvalue weighted by Crippen LogP contribution is 2.36. The van der Waals surface area contributed by atoms with E-state index in [2.05, 4.69) is 10.6 Å². The third kappa shape index (κ3) is 3.14. The Labute approximate surface area is 143 Å². The number of carbonyl (C=O) groups is 4. The number of rotatable bonds is 4. The summed E-state index contributed by atoms with van der Waals surface area (Å²) in [5.74, 6) is -1.37. The molecule has 2 aliphatic heterocycles. The molecule has 1 aromatic carbocycles. The number of imide groups is 1. The predicted molar refractivity (Wildman–Crippen MR) is 88.3 cm³/mol. The molecule has 0 radical (unpaired) electrons. The fourth-order valence-electron chi connectivity index (χ4n) is 2.87. The van der Waals surface area contributed by atoms with Crippen molar-refractivity contribution in [1.29, 1.82) is 0 Å². The van der Waals surface area contributed by atoms with Crippen LogP contribution in [0, 0.1) is 0 Å². The number of hydrogen-bond acceptors (Lipinski definition) is 5. The first kappa shape index (κ1) is 16.5. The Balaban J connectivity index is 1.71. The number of benzene rings is 1. The van der Waals surface area contributed by atoms with Gasteiger partial charge in [0.15, 0.2) is 0 Å². The molecule has 4 amide bonds. The second-order valence-corrected chi connectivity index (χ2v) is 6.85. The van der Waals surface area contributed by atoms with Gasteiger partial charge in [0.25, 0.3) is 0 Å². The smallest absolute Gasteiger partial charge is 0.249 e. The summed E-state index contributed by atoms with van der Waals surface area (Å²) in [6.45, 7) is 2.05. The van der Waals surface area contributed by atoms with Gasteiger partial charge in [0, 0.05) is 17.9 Å². The minimum absolute atomic E-state index is 0.0172. The normalized spacial score (nSPS) is 22.6. The van der Waals surface area contributed by atoms with Crippen molar-refractivity contribution in [2.45, 2.75) is 36.0 Å². The van der Waals surface area contributed by atoms with E-state index in [-0.39, 0.29) is 30.6 Å². The van der Waals surface area contributed by atoms with Gasteiger partial charge in [-0.1, -0.05) is 12.1 Å². The van der Waals surface area contributed by atoms with Gasteiger partial charge in [-0.2, -0.15) is 0 Å². The molecule has 2 N–H and O–H groups in total. The van der Waals surface area contributed by atoms with E-state index in [1.807, 2.05) is 24.3 Å². The number of hydrogen-bond donors (Lipinski definition) is 2. The average molecular weight is 347 g/mol. The molecule has 2 heterocycles.